The molecule has 2 aromatic rings. The first-order chi connectivity index (χ1) is 8.29. The Morgan fingerprint density at radius 3 is 2.76 bits per heavy atom. The molecule has 4 nitrogen and oxygen atoms in total. The maximum absolute atomic E-state index is 5.52. The molecule has 5 heteroatoms. The zero-order valence-electron chi connectivity index (χ0n) is 9.63. The largest absolute Gasteiger partial charge is 0.330 e. The summed E-state index contributed by atoms with van der Waals surface area (Å²) in [6.07, 6.45) is 7.82. The van der Waals surface area contributed by atoms with E-state index in [4.69, 9.17) is 5.73 Å². The van der Waals surface area contributed by atoms with Gasteiger partial charge in [-0.3, -0.25) is 4.98 Å². The van der Waals surface area contributed by atoms with Gasteiger partial charge in [0.1, 0.15) is 10.1 Å². The van der Waals surface area contributed by atoms with Gasteiger partial charge >= 0.3 is 0 Å². The molecule has 0 amide bonds. The van der Waals surface area contributed by atoms with Crippen molar-refractivity contribution in [3.63, 3.8) is 0 Å². The lowest BCUT2D eigenvalue weighted by molar-refractivity contribution is 0.934. The Bertz CT molecular complexity index is 487. The predicted molar refractivity (Wildman–Crippen MR) is 67.9 cm³/mol. The Morgan fingerprint density at radius 2 is 2.12 bits per heavy atom. The lowest BCUT2D eigenvalue weighted by atomic mass is 10.2. The first kappa shape index (κ1) is 12.0. The van der Waals surface area contributed by atoms with Crippen molar-refractivity contribution in [3.05, 3.63) is 42.0 Å². The van der Waals surface area contributed by atoms with Gasteiger partial charge in [0.2, 0.25) is 0 Å². The zero-order valence-corrected chi connectivity index (χ0v) is 10.4. The normalized spacial score (nSPS) is 10.5. The minimum Gasteiger partial charge on any atom is -0.330 e. The SMILES string of the molecule is Cc1cc(CCN)cnc1Sc1cnccn1. The number of nitrogens with zero attached hydrogens (tertiary/aromatic N) is 3. The van der Waals surface area contributed by atoms with Crippen LogP contribution in [0.1, 0.15) is 11.1 Å². The molecule has 0 aliphatic heterocycles. The Kier molecular flexibility index (Phi) is 4.06. The third-order valence-electron chi connectivity index (χ3n) is 2.26. The first-order valence-corrected chi connectivity index (χ1v) is 6.20. The van der Waals surface area contributed by atoms with E-state index in [0.717, 1.165) is 22.0 Å². The van der Waals surface area contributed by atoms with Crippen molar-refractivity contribution >= 4 is 11.8 Å². The Labute approximate surface area is 105 Å². The third kappa shape index (κ3) is 3.25. The maximum Gasteiger partial charge on any atom is 0.121 e. The number of hydrogen-bond acceptors (Lipinski definition) is 5. The summed E-state index contributed by atoms with van der Waals surface area (Å²) in [5.74, 6) is 0. The summed E-state index contributed by atoms with van der Waals surface area (Å²) in [4.78, 5) is 12.7. The van der Waals surface area contributed by atoms with Crippen molar-refractivity contribution in [1.82, 2.24) is 15.0 Å². The number of nitrogens with two attached hydrogens (primary N) is 1. The second kappa shape index (κ2) is 5.75. The second-order valence-electron chi connectivity index (χ2n) is 3.65. The van der Waals surface area contributed by atoms with Gasteiger partial charge in [0, 0.05) is 18.6 Å². The Balaban J connectivity index is 2.17. The fourth-order valence-electron chi connectivity index (χ4n) is 1.47. The van der Waals surface area contributed by atoms with Gasteiger partial charge in [-0.15, -0.1) is 0 Å². The van der Waals surface area contributed by atoms with Crippen molar-refractivity contribution in [2.45, 2.75) is 23.4 Å². The molecule has 0 bridgehead atoms. The molecule has 2 heterocycles. The minimum atomic E-state index is 0.651. The molecule has 0 spiro atoms. The number of hydrogen-bond donors (Lipinski definition) is 1. The molecule has 0 saturated heterocycles. The van der Waals surface area contributed by atoms with Crippen LogP contribution in [0.2, 0.25) is 0 Å². The van der Waals surface area contributed by atoms with Crippen LogP contribution in [0.4, 0.5) is 0 Å². The number of aromatic nitrogens is 3. The van der Waals surface area contributed by atoms with Gasteiger partial charge in [-0.1, -0.05) is 6.07 Å². The fourth-order valence-corrected chi connectivity index (χ4v) is 2.22. The van der Waals surface area contributed by atoms with E-state index in [1.165, 1.54) is 17.3 Å². The molecule has 0 radical (unpaired) electrons. The topological polar surface area (TPSA) is 64.7 Å². The van der Waals surface area contributed by atoms with Gasteiger partial charge in [-0.2, -0.15) is 0 Å². The molecule has 2 N–H and O–H groups in total. The molecular formula is C12H14N4S. The molecule has 0 fully saturated rings. The molecule has 2 aromatic heterocycles. The van der Waals surface area contributed by atoms with E-state index in [2.05, 4.69) is 21.0 Å². The third-order valence-corrected chi connectivity index (χ3v) is 3.30. The first-order valence-electron chi connectivity index (χ1n) is 5.39. The lowest BCUT2D eigenvalue weighted by Crippen LogP contribution is -2.03. The van der Waals surface area contributed by atoms with Crippen LogP contribution in [0.15, 0.2) is 40.9 Å². The summed E-state index contributed by atoms with van der Waals surface area (Å²) in [6.45, 7) is 2.70. The summed E-state index contributed by atoms with van der Waals surface area (Å²) in [7, 11) is 0. The van der Waals surface area contributed by atoms with Crippen LogP contribution in [0.3, 0.4) is 0 Å². The molecule has 0 saturated carbocycles. The van der Waals surface area contributed by atoms with Gasteiger partial charge in [-0.05, 0) is 42.8 Å². The van der Waals surface area contributed by atoms with Gasteiger partial charge in [0.15, 0.2) is 0 Å². The highest BCUT2D eigenvalue weighted by molar-refractivity contribution is 7.99. The van der Waals surface area contributed by atoms with Crippen molar-refractivity contribution < 1.29 is 0 Å². The zero-order chi connectivity index (χ0) is 12.1. The Hall–Kier alpha value is -1.46. The maximum atomic E-state index is 5.52. The van der Waals surface area contributed by atoms with Gasteiger partial charge < -0.3 is 5.73 Å². The second-order valence-corrected chi connectivity index (χ2v) is 4.66. The van der Waals surface area contributed by atoms with Gasteiger partial charge in [0.25, 0.3) is 0 Å². The van der Waals surface area contributed by atoms with Crippen molar-refractivity contribution in [2.75, 3.05) is 6.54 Å². The van der Waals surface area contributed by atoms with Crippen LogP contribution in [0, 0.1) is 6.92 Å². The molecule has 2 rings (SSSR count). The van der Waals surface area contributed by atoms with Crippen LogP contribution in [-0.4, -0.2) is 21.5 Å². The number of pyridine rings is 1. The van der Waals surface area contributed by atoms with Crippen LogP contribution in [-0.2, 0) is 6.42 Å². The molecule has 0 aliphatic carbocycles. The van der Waals surface area contributed by atoms with Gasteiger partial charge in [0.05, 0.1) is 6.20 Å². The van der Waals surface area contributed by atoms with Crippen LogP contribution in [0.5, 0.6) is 0 Å². The smallest absolute Gasteiger partial charge is 0.121 e. The van der Waals surface area contributed by atoms with E-state index < -0.39 is 0 Å². The van der Waals surface area contributed by atoms with Crippen LogP contribution < -0.4 is 5.73 Å². The molecule has 0 unspecified atom stereocenters. The van der Waals surface area contributed by atoms with Crippen molar-refractivity contribution in [3.8, 4) is 0 Å². The molecule has 0 atom stereocenters. The summed E-state index contributed by atoms with van der Waals surface area (Å²) >= 11 is 1.53. The van der Waals surface area contributed by atoms with Crippen LogP contribution >= 0.6 is 11.8 Å². The Morgan fingerprint density at radius 1 is 1.24 bits per heavy atom. The van der Waals surface area contributed by atoms with E-state index in [1.54, 1.807) is 18.6 Å². The minimum absolute atomic E-state index is 0.651. The molecule has 0 aliphatic rings. The average molecular weight is 246 g/mol. The highest BCUT2D eigenvalue weighted by Gasteiger charge is 2.04. The molecular weight excluding hydrogens is 232 g/mol. The summed E-state index contributed by atoms with van der Waals surface area (Å²) in [5.41, 5.74) is 7.84. The summed E-state index contributed by atoms with van der Waals surface area (Å²) in [5, 5.41) is 1.82. The van der Waals surface area contributed by atoms with Crippen molar-refractivity contribution in [1.29, 1.82) is 0 Å². The van der Waals surface area contributed by atoms with E-state index in [1.807, 2.05) is 13.1 Å². The van der Waals surface area contributed by atoms with E-state index in [-0.39, 0.29) is 0 Å². The van der Waals surface area contributed by atoms with Crippen molar-refractivity contribution in [2.24, 2.45) is 5.73 Å². The molecule has 88 valence electrons. The number of rotatable bonds is 4. The quantitative estimate of drug-likeness (QED) is 0.891. The predicted octanol–water partition coefficient (Wildman–Crippen LogP) is 1.83. The summed E-state index contributed by atoms with van der Waals surface area (Å²) < 4.78 is 0. The monoisotopic (exact) mass is 246 g/mol. The van der Waals surface area contributed by atoms with Gasteiger partial charge in [-0.25, -0.2) is 9.97 Å². The lowest BCUT2D eigenvalue weighted by Gasteiger charge is -2.05. The summed E-state index contributed by atoms with van der Waals surface area (Å²) in [6, 6.07) is 2.12. The highest BCUT2D eigenvalue weighted by Crippen LogP contribution is 2.26. The standard InChI is InChI=1S/C12H14N4S/c1-9-6-10(2-3-13)7-16-12(9)17-11-8-14-4-5-15-11/h4-8H,2-3,13H2,1H3. The van der Waals surface area contributed by atoms with E-state index in [0.29, 0.717) is 6.54 Å². The molecule has 17 heavy (non-hydrogen) atoms. The fraction of sp³-hybridized carbons (Fsp3) is 0.250. The average Bonchev–Trinajstić information content (AvgIpc) is 2.34. The molecule has 0 aromatic carbocycles. The number of aryl methyl sites for hydroxylation is 1. The van der Waals surface area contributed by atoms with Crippen LogP contribution in [0.25, 0.3) is 0 Å². The van der Waals surface area contributed by atoms with E-state index in [9.17, 15) is 0 Å². The van der Waals surface area contributed by atoms with E-state index >= 15 is 0 Å². The highest BCUT2D eigenvalue weighted by atomic mass is 32.2.